The summed E-state index contributed by atoms with van der Waals surface area (Å²) in [6, 6.07) is 4.52. The van der Waals surface area contributed by atoms with Gasteiger partial charge in [-0.3, -0.25) is 4.68 Å². The van der Waals surface area contributed by atoms with E-state index >= 15 is 0 Å². The predicted octanol–water partition coefficient (Wildman–Crippen LogP) is 3.60. The van der Waals surface area contributed by atoms with Crippen molar-refractivity contribution in [2.24, 2.45) is 5.73 Å². The summed E-state index contributed by atoms with van der Waals surface area (Å²) in [6.45, 7) is 6.44. The number of benzene rings is 1. The molecule has 0 amide bonds. The lowest BCUT2D eigenvalue weighted by Crippen LogP contribution is -2.08. The van der Waals surface area contributed by atoms with Crippen LogP contribution in [-0.4, -0.2) is 9.78 Å². The molecule has 0 aliphatic rings. The van der Waals surface area contributed by atoms with E-state index in [9.17, 15) is 4.39 Å². The Hall–Kier alpha value is -1.59. The monoisotopic (exact) mass is 311 g/mol. The summed E-state index contributed by atoms with van der Waals surface area (Å²) in [5.41, 5.74) is 7.93. The van der Waals surface area contributed by atoms with E-state index in [1.807, 2.05) is 13.8 Å². The van der Waals surface area contributed by atoms with Gasteiger partial charge in [0.2, 0.25) is 0 Å². The summed E-state index contributed by atoms with van der Waals surface area (Å²) in [5.74, 6) is -0.253. The molecular formula is C15H19ClFN3O. The van der Waals surface area contributed by atoms with E-state index in [2.05, 4.69) is 5.10 Å². The van der Waals surface area contributed by atoms with Crippen LogP contribution in [0.2, 0.25) is 5.02 Å². The predicted molar refractivity (Wildman–Crippen MR) is 81.0 cm³/mol. The molecule has 0 saturated heterocycles. The lowest BCUT2D eigenvalue weighted by atomic mass is 10.1. The van der Waals surface area contributed by atoms with Crippen molar-refractivity contribution in [3.05, 3.63) is 46.0 Å². The SMILES string of the molecule is CCn1nc(C)c(Cl)c1COc1ccc(C(C)N)cc1F. The van der Waals surface area contributed by atoms with Crippen molar-refractivity contribution < 1.29 is 9.13 Å². The highest BCUT2D eigenvalue weighted by atomic mass is 35.5. The number of halogens is 2. The fourth-order valence-electron chi connectivity index (χ4n) is 2.07. The maximum absolute atomic E-state index is 14.0. The second-order valence-corrected chi connectivity index (χ2v) is 5.31. The van der Waals surface area contributed by atoms with Gasteiger partial charge in [0.15, 0.2) is 11.6 Å². The summed E-state index contributed by atoms with van der Waals surface area (Å²) in [5, 5.41) is 4.85. The van der Waals surface area contributed by atoms with Gasteiger partial charge < -0.3 is 10.5 Å². The highest BCUT2D eigenvalue weighted by molar-refractivity contribution is 6.31. The molecule has 4 nitrogen and oxygen atoms in total. The fraction of sp³-hybridized carbons (Fsp3) is 0.400. The van der Waals surface area contributed by atoms with Crippen LogP contribution in [0.15, 0.2) is 18.2 Å². The van der Waals surface area contributed by atoms with E-state index in [0.29, 0.717) is 11.6 Å². The molecule has 0 aliphatic heterocycles. The molecule has 1 heterocycles. The first-order valence-electron chi connectivity index (χ1n) is 6.83. The van der Waals surface area contributed by atoms with Crippen molar-refractivity contribution in [2.45, 2.75) is 40.0 Å². The Morgan fingerprint density at radius 1 is 1.48 bits per heavy atom. The van der Waals surface area contributed by atoms with Crippen LogP contribution in [-0.2, 0) is 13.2 Å². The van der Waals surface area contributed by atoms with Crippen molar-refractivity contribution in [3.8, 4) is 5.75 Å². The van der Waals surface area contributed by atoms with Crippen LogP contribution < -0.4 is 10.5 Å². The Kier molecular flexibility index (Phi) is 4.85. The molecule has 2 rings (SSSR count). The maximum atomic E-state index is 14.0. The lowest BCUT2D eigenvalue weighted by Gasteiger charge is -2.11. The van der Waals surface area contributed by atoms with Gasteiger partial charge in [-0.15, -0.1) is 0 Å². The molecule has 6 heteroatoms. The fourth-order valence-corrected chi connectivity index (χ4v) is 2.26. The van der Waals surface area contributed by atoms with Crippen molar-refractivity contribution >= 4 is 11.6 Å². The van der Waals surface area contributed by atoms with Crippen molar-refractivity contribution in [2.75, 3.05) is 0 Å². The van der Waals surface area contributed by atoms with Gasteiger partial charge in [-0.05, 0) is 38.5 Å². The third kappa shape index (κ3) is 3.36. The zero-order valence-electron chi connectivity index (χ0n) is 12.4. The Morgan fingerprint density at radius 2 is 2.19 bits per heavy atom. The van der Waals surface area contributed by atoms with Gasteiger partial charge in [0.1, 0.15) is 6.61 Å². The van der Waals surface area contributed by atoms with Gasteiger partial charge in [-0.1, -0.05) is 17.7 Å². The van der Waals surface area contributed by atoms with Crippen LogP contribution in [0, 0.1) is 12.7 Å². The third-order valence-electron chi connectivity index (χ3n) is 3.30. The minimum Gasteiger partial charge on any atom is -0.484 e. The van der Waals surface area contributed by atoms with E-state index in [-0.39, 0.29) is 18.4 Å². The van der Waals surface area contributed by atoms with Crippen LogP contribution in [0.3, 0.4) is 0 Å². The van der Waals surface area contributed by atoms with E-state index in [4.69, 9.17) is 22.1 Å². The van der Waals surface area contributed by atoms with Crippen molar-refractivity contribution in [1.29, 1.82) is 0 Å². The van der Waals surface area contributed by atoms with Crippen LogP contribution in [0.5, 0.6) is 5.75 Å². The van der Waals surface area contributed by atoms with Gasteiger partial charge in [-0.25, -0.2) is 4.39 Å². The van der Waals surface area contributed by atoms with Crippen LogP contribution >= 0.6 is 11.6 Å². The summed E-state index contributed by atoms with van der Waals surface area (Å²) >= 11 is 6.19. The Morgan fingerprint density at radius 3 is 2.76 bits per heavy atom. The minimum absolute atomic E-state index is 0.169. The van der Waals surface area contributed by atoms with E-state index in [1.165, 1.54) is 6.07 Å². The molecular weight excluding hydrogens is 293 g/mol. The molecule has 114 valence electrons. The molecule has 0 radical (unpaired) electrons. The van der Waals surface area contributed by atoms with Crippen molar-refractivity contribution in [3.63, 3.8) is 0 Å². The molecule has 2 aromatic rings. The quantitative estimate of drug-likeness (QED) is 0.918. The van der Waals surface area contributed by atoms with Gasteiger partial charge in [0.05, 0.1) is 16.4 Å². The largest absolute Gasteiger partial charge is 0.484 e. The molecule has 0 bridgehead atoms. The van der Waals surface area contributed by atoms with Crippen molar-refractivity contribution in [1.82, 2.24) is 9.78 Å². The number of rotatable bonds is 5. The molecule has 1 unspecified atom stereocenters. The summed E-state index contributed by atoms with van der Waals surface area (Å²) in [6.07, 6.45) is 0. The highest BCUT2D eigenvalue weighted by Gasteiger charge is 2.14. The number of hydrogen-bond donors (Lipinski definition) is 1. The summed E-state index contributed by atoms with van der Waals surface area (Å²) in [7, 11) is 0. The van der Waals surface area contributed by atoms with Gasteiger partial charge in [0.25, 0.3) is 0 Å². The van der Waals surface area contributed by atoms with Crippen LogP contribution in [0.25, 0.3) is 0 Å². The number of ether oxygens (including phenoxy) is 1. The van der Waals surface area contributed by atoms with E-state index in [1.54, 1.807) is 23.7 Å². The van der Waals surface area contributed by atoms with Gasteiger partial charge in [0, 0.05) is 12.6 Å². The molecule has 1 aromatic carbocycles. The van der Waals surface area contributed by atoms with E-state index in [0.717, 1.165) is 17.0 Å². The first-order valence-corrected chi connectivity index (χ1v) is 7.21. The highest BCUT2D eigenvalue weighted by Crippen LogP contribution is 2.25. The Labute approximate surface area is 128 Å². The molecule has 1 atom stereocenters. The summed E-state index contributed by atoms with van der Waals surface area (Å²) in [4.78, 5) is 0. The number of aromatic nitrogens is 2. The van der Waals surface area contributed by atoms with Crippen LogP contribution in [0.4, 0.5) is 4.39 Å². The first kappa shape index (κ1) is 15.8. The normalized spacial score (nSPS) is 12.5. The topological polar surface area (TPSA) is 53.1 Å². The molecule has 0 spiro atoms. The average Bonchev–Trinajstić information content (AvgIpc) is 2.72. The number of hydrogen-bond acceptors (Lipinski definition) is 3. The van der Waals surface area contributed by atoms with E-state index < -0.39 is 5.82 Å². The van der Waals surface area contributed by atoms with Gasteiger partial charge >= 0.3 is 0 Å². The number of nitrogens with zero attached hydrogens (tertiary/aromatic N) is 2. The standard InChI is InChI=1S/C15H19ClFN3O/c1-4-20-13(15(16)10(3)19-20)8-21-14-6-5-11(9(2)18)7-12(14)17/h5-7,9H,4,8,18H2,1-3H3. The number of nitrogens with two attached hydrogens (primary N) is 1. The third-order valence-corrected chi connectivity index (χ3v) is 3.79. The molecule has 21 heavy (non-hydrogen) atoms. The van der Waals surface area contributed by atoms with Gasteiger partial charge in [-0.2, -0.15) is 5.10 Å². The maximum Gasteiger partial charge on any atom is 0.165 e. The second-order valence-electron chi connectivity index (χ2n) is 4.93. The molecule has 2 N–H and O–H groups in total. The number of aryl methyl sites for hydroxylation is 2. The average molecular weight is 312 g/mol. The molecule has 0 fully saturated rings. The minimum atomic E-state index is -0.430. The Bertz CT molecular complexity index is 640. The zero-order valence-corrected chi connectivity index (χ0v) is 13.1. The summed E-state index contributed by atoms with van der Waals surface area (Å²) < 4.78 is 21.3. The Balaban J connectivity index is 2.17. The molecule has 0 saturated carbocycles. The molecule has 1 aromatic heterocycles. The smallest absolute Gasteiger partial charge is 0.165 e. The van der Waals surface area contributed by atoms with Crippen LogP contribution in [0.1, 0.15) is 36.8 Å². The second kappa shape index (κ2) is 6.45. The zero-order chi connectivity index (χ0) is 15.6. The lowest BCUT2D eigenvalue weighted by molar-refractivity contribution is 0.278. The first-order chi connectivity index (χ1) is 9.93. The molecule has 0 aliphatic carbocycles.